The van der Waals surface area contributed by atoms with Crippen LogP contribution in [0.15, 0.2) is 42.6 Å². The molecule has 104 valence electrons. The van der Waals surface area contributed by atoms with Gasteiger partial charge in [-0.15, -0.1) is 0 Å². The summed E-state index contributed by atoms with van der Waals surface area (Å²) < 4.78 is 0. The van der Waals surface area contributed by atoms with Crippen LogP contribution in [0.25, 0.3) is 0 Å². The molecular formula is C18H21NO. The monoisotopic (exact) mass is 267 g/mol. The third kappa shape index (κ3) is 3.32. The van der Waals surface area contributed by atoms with E-state index >= 15 is 0 Å². The van der Waals surface area contributed by atoms with E-state index in [0.29, 0.717) is 11.6 Å². The Morgan fingerprint density at radius 2 is 2.00 bits per heavy atom. The molecule has 2 heteroatoms. The number of aryl methyl sites for hydroxylation is 1. The Morgan fingerprint density at radius 1 is 1.20 bits per heavy atom. The number of hydrogen-bond donors (Lipinski definition) is 0. The van der Waals surface area contributed by atoms with E-state index in [-0.39, 0.29) is 5.78 Å². The van der Waals surface area contributed by atoms with Gasteiger partial charge in [0, 0.05) is 11.8 Å². The van der Waals surface area contributed by atoms with Crippen molar-refractivity contribution >= 4 is 5.78 Å². The molecule has 1 heterocycles. The zero-order valence-corrected chi connectivity index (χ0v) is 12.4. The summed E-state index contributed by atoms with van der Waals surface area (Å²) in [6, 6.07) is 11.8. The molecule has 0 bridgehead atoms. The number of pyridine rings is 1. The topological polar surface area (TPSA) is 30.0 Å². The first-order valence-electron chi connectivity index (χ1n) is 7.19. The van der Waals surface area contributed by atoms with Gasteiger partial charge in [-0.3, -0.25) is 9.78 Å². The molecule has 0 atom stereocenters. The van der Waals surface area contributed by atoms with E-state index in [0.717, 1.165) is 24.0 Å². The lowest BCUT2D eigenvalue weighted by Crippen LogP contribution is -2.08. The van der Waals surface area contributed by atoms with Crippen molar-refractivity contribution < 1.29 is 4.79 Å². The van der Waals surface area contributed by atoms with Crippen molar-refractivity contribution in [2.24, 2.45) is 5.92 Å². The maximum Gasteiger partial charge on any atom is 0.211 e. The normalized spacial score (nSPS) is 10.8. The average molecular weight is 267 g/mol. The van der Waals surface area contributed by atoms with E-state index in [2.05, 4.69) is 24.9 Å². The van der Waals surface area contributed by atoms with Gasteiger partial charge in [-0.2, -0.15) is 0 Å². The molecule has 0 aliphatic rings. The van der Waals surface area contributed by atoms with Crippen LogP contribution >= 0.6 is 0 Å². The number of hydrogen-bond acceptors (Lipinski definition) is 2. The van der Waals surface area contributed by atoms with Crippen LogP contribution in [0.5, 0.6) is 0 Å². The van der Waals surface area contributed by atoms with Crippen LogP contribution in [0.2, 0.25) is 0 Å². The van der Waals surface area contributed by atoms with Gasteiger partial charge in [0.25, 0.3) is 0 Å². The van der Waals surface area contributed by atoms with Crippen LogP contribution in [0.4, 0.5) is 0 Å². The summed E-state index contributed by atoms with van der Waals surface area (Å²) >= 11 is 0. The molecule has 0 aliphatic carbocycles. The molecule has 20 heavy (non-hydrogen) atoms. The van der Waals surface area contributed by atoms with Crippen LogP contribution in [0.1, 0.15) is 48.0 Å². The van der Waals surface area contributed by atoms with Gasteiger partial charge in [0.2, 0.25) is 5.78 Å². The summed E-state index contributed by atoms with van der Waals surface area (Å²) in [5.41, 5.74) is 3.53. The van der Waals surface area contributed by atoms with Gasteiger partial charge >= 0.3 is 0 Å². The summed E-state index contributed by atoms with van der Waals surface area (Å²) in [7, 11) is 0. The lowest BCUT2D eigenvalue weighted by Gasteiger charge is -2.08. The van der Waals surface area contributed by atoms with E-state index in [1.807, 2.05) is 37.3 Å². The molecular weight excluding hydrogens is 246 g/mol. The number of ketones is 1. The summed E-state index contributed by atoms with van der Waals surface area (Å²) in [6.45, 7) is 6.41. The van der Waals surface area contributed by atoms with E-state index in [9.17, 15) is 4.79 Å². The second kappa shape index (κ2) is 6.47. The standard InChI is InChI=1S/C18H21NO/c1-4-15-9-6-10-19-17(15)18(20)16-8-5-7-14(12-16)11-13(2)3/h5-10,12-13H,4,11H2,1-3H3. The Kier molecular flexibility index (Phi) is 4.67. The predicted molar refractivity (Wildman–Crippen MR) is 82.0 cm³/mol. The molecule has 2 nitrogen and oxygen atoms in total. The molecule has 1 aromatic heterocycles. The van der Waals surface area contributed by atoms with Crippen LogP contribution in [0, 0.1) is 5.92 Å². The molecule has 0 unspecified atom stereocenters. The number of rotatable bonds is 5. The second-order valence-electron chi connectivity index (χ2n) is 5.49. The molecule has 0 saturated heterocycles. The van der Waals surface area contributed by atoms with Gasteiger partial charge in [0.1, 0.15) is 5.69 Å². The fourth-order valence-electron chi connectivity index (χ4n) is 2.38. The molecule has 2 rings (SSSR count). The summed E-state index contributed by atoms with van der Waals surface area (Å²) in [5.74, 6) is 0.606. The van der Waals surface area contributed by atoms with Gasteiger partial charge in [0.15, 0.2) is 0 Å². The molecule has 0 fully saturated rings. The molecule has 0 amide bonds. The molecule has 0 N–H and O–H groups in total. The summed E-state index contributed by atoms with van der Waals surface area (Å²) in [6.07, 6.45) is 3.49. The van der Waals surface area contributed by atoms with Gasteiger partial charge < -0.3 is 0 Å². The van der Waals surface area contributed by atoms with Crippen LogP contribution < -0.4 is 0 Å². The third-order valence-corrected chi connectivity index (χ3v) is 3.32. The zero-order chi connectivity index (χ0) is 14.5. The van der Waals surface area contributed by atoms with Gasteiger partial charge in [-0.05, 0) is 42.0 Å². The molecule has 0 radical (unpaired) electrons. The minimum Gasteiger partial charge on any atom is -0.287 e. The Morgan fingerprint density at radius 3 is 2.70 bits per heavy atom. The van der Waals surface area contributed by atoms with Crippen molar-refractivity contribution in [1.29, 1.82) is 0 Å². The van der Waals surface area contributed by atoms with Crippen LogP contribution in [-0.4, -0.2) is 10.8 Å². The first kappa shape index (κ1) is 14.4. The minimum absolute atomic E-state index is 0.0213. The van der Waals surface area contributed by atoms with Crippen LogP contribution in [0.3, 0.4) is 0 Å². The van der Waals surface area contributed by atoms with Crippen molar-refractivity contribution in [1.82, 2.24) is 4.98 Å². The fourth-order valence-corrected chi connectivity index (χ4v) is 2.38. The fraction of sp³-hybridized carbons (Fsp3) is 0.333. The van der Waals surface area contributed by atoms with Crippen molar-refractivity contribution in [3.05, 3.63) is 65.0 Å². The molecule has 1 aromatic carbocycles. The van der Waals surface area contributed by atoms with Crippen molar-refractivity contribution in [3.63, 3.8) is 0 Å². The first-order chi connectivity index (χ1) is 9.61. The maximum absolute atomic E-state index is 12.6. The number of benzene rings is 1. The highest BCUT2D eigenvalue weighted by Crippen LogP contribution is 2.16. The summed E-state index contributed by atoms with van der Waals surface area (Å²) in [5, 5.41) is 0. The Labute approximate surface area is 120 Å². The smallest absolute Gasteiger partial charge is 0.211 e. The largest absolute Gasteiger partial charge is 0.287 e. The lowest BCUT2D eigenvalue weighted by atomic mass is 9.97. The van der Waals surface area contributed by atoms with E-state index in [4.69, 9.17) is 0 Å². The number of carbonyl (C=O) groups excluding carboxylic acids is 1. The molecule has 0 aliphatic heterocycles. The number of nitrogens with zero attached hydrogens (tertiary/aromatic N) is 1. The molecule has 0 spiro atoms. The van der Waals surface area contributed by atoms with Crippen molar-refractivity contribution in [2.45, 2.75) is 33.6 Å². The predicted octanol–water partition coefficient (Wildman–Crippen LogP) is 4.07. The highest BCUT2D eigenvalue weighted by atomic mass is 16.1. The Bertz CT molecular complexity index is 602. The average Bonchev–Trinajstić information content (AvgIpc) is 2.46. The van der Waals surface area contributed by atoms with Gasteiger partial charge in [-0.1, -0.05) is 45.0 Å². The zero-order valence-electron chi connectivity index (χ0n) is 12.4. The highest BCUT2D eigenvalue weighted by molar-refractivity contribution is 6.08. The Balaban J connectivity index is 2.33. The number of carbonyl (C=O) groups is 1. The van der Waals surface area contributed by atoms with E-state index in [1.165, 1.54) is 5.56 Å². The maximum atomic E-state index is 12.6. The first-order valence-corrected chi connectivity index (χ1v) is 7.19. The van der Waals surface area contributed by atoms with Crippen LogP contribution in [-0.2, 0) is 12.8 Å². The molecule has 2 aromatic rings. The highest BCUT2D eigenvalue weighted by Gasteiger charge is 2.14. The third-order valence-electron chi connectivity index (χ3n) is 3.32. The van der Waals surface area contributed by atoms with Gasteiger partial charge in [-0.25, -0.2) is 0 Å². The number of aromatic nitrogens is 1. The van der Waals surface area contributed by atoms with E-state index in [1.54, 1.807) is 6.20 Å². The Hall–Kier alpha value is -1.96. The minimum atomic E-state index is 0.0213. The van der Waals surface area contributed by atoms with Crippen molar-refractivity contribution in [2.75, 3.05) is 0 Å². The SMILES string of the molecule is CCc1cccnc1C(=O)c1cccc(CC(C)C)c1. The quantitative estimate of drug-likeness (QED) is 0.764. The van der Waals surface area contributed by atoms with Crippen molar-refractivity contribution in [3.8, 4) is 0 Å². The second-order valence-corrected chi connectivity index (χ2v) is 5.49. The lowest BCUT2D eigenvalue weighted by molar-refractivity contribution is 0.103. The summed E-state index contributed by atoms with van der Waals surface area (Å²) in [4.78, 5) is 16.9. The molecule has 0 saturated carbocycles. The van der Waals surface area contributed by atoms with E-state index < -0.39 is 0 Å². The van der Waals surface area contributed by atoms with Gasteiger partial charge in [0.05, 0.1) is 0 Å².